The lowest BCUT2D eigenvalue weighted by Crippen LogP contribution is -2.45. The van der Waals surface area contributed by atoms with Crippen molar-refractivity contribution in [3.63, 3.8) is 0 Å². The van der Waals surface area contributed by atoms with Crippen LogP contribution in [-0.2, 0) is 23.7 Å². The number of imide groups is 1. The first-order valence-electron chi connectivity index (χ1n) is 15.6. The fourth-order valence-corrected chi connectivity index (χ4v) is 6.17. The van der Waals surface area contributed by atoms with E-state index in [1.54, 1.807) is 84.1 Å². The first kappa shape index (κ1) is 36.7. The van der Waals surface area contributed by atoms with Gasteiger partial charge in [-0.15, -0.1) is 0 Å². The minimum atomic E-state index is -0.988. The molecule has 2 saturated heterocycles. The number of hydrogen-bond donors (Lipinski definition) is 0. The second-order valence-corrected chi connectivity index (χ2v) is 15.4. The number of hydrogen-bond acceptors (Lipinski definition) is 11. The van der Waals surface area contributed by atoms with E-state index in [4.69, 9.17) is 40.0 Å². The summed E-state index contributed by atoms with van der Waals surface area (Å²) in [6, 6.07) is 5.49. The van der Waals surface area contributed by atoms with Crippen molar-refractivity contribution in [3.05, 3.63) is 57.6 Å². The lowest BCUT2D eigenvalue weighted by Gasteiger charge is -2.31. The van der Waals surface area contributed by atoms with Gasteiger partial charge in [-0.05, 0) is 96.2 Å². The van der Waals surface area contributed by atoms with Crippen LogP contribution in [0.4, 0.5) is 9.59 Å². The van der Waals surface area contributed by atoms with Crippen LogP contribution in [0.5, 0.6) is 5.75 Å². The van der Waals surface area contributed by atoms with Crippen LogP contribution in [0.3, 0.4) is 0 Å². The fraction of sp³-hybridized carbons (Fsp3) is 0.500. The van der Waals surface area contributed by atoms with Gasteiger partial charge in [0.1, 0.15) is 47.7 Å². The standard InChI is InChI=1S/C34H41BrClN5O8/c1-32(2,3)48-30(42)41(31(43)49-33(4,5)6)28(38-10)20-11-12-40(27(20)37-9)29-26-25(46-34(7,8)47-26)24(45-29)17-44-23-15-22-18(14-21(23)36)13-19(35)16-39-22/h11-16,24-26,29H,10,17H2,1-9H3/b28-20+,37-27+/t24-,25-,26-,29-/m1/s1. The number of halogens is 2. The van der Waals surface area contributed by atoms with Crippen LogP contribution in [-0.4, -0.2) is 94.7 Å². The molecule has 264 valence electrons. The maximum absolute atomic E-state index is 13.5. The van der Waals surface area contributed by atoms with Crippen LogP contribution >= 0.6 is 27.5 Å². The molecule has 0 radical (unpaired) electrons. The van der Waals surface area contributed by atoms with Crippen LogP contribution in [0, 0.1) is 0 Å². The Bertz CT molecular complexity index is 1720. The summed E-state index contributed by atoms with van der Waals surface area (Å²) in [5, 5.41) is 1.28. The number of rotatable bonds is 6. The van der Waals surface area contributed by atoms with Gasteiger partial charge < -0.3 is 33.3 Å². The number of ether oxygens (including phenoxy) is 6. The molecule has 0 bridgehead atoms. The van der Waals surface area contributed by atoms with E-state index < -0.39 is 53.7 Å². The number of nitrogens with zero attached hydrogens (tertiary/aromatic N) is 5. The summed E-state index contributed by atoms with van der Waals surface area (Å²) in [4.78, 5) is 42.4. The molecule has 49 heavy (non-hydrogen) atoms. The summed E-state index contributed by atoms with van der Waals surface area (Å²) >= 11 is 10.0. The van der Waals surface area contributed by atoms with Gasteiger partial charge in [0.2, 0.25) is 0 Å². The molecule has 4 atom stereocenters. The zero-order chi connectivity index (χ0) is 36.1. The average Bonchev–Trinajstić information content (AvgIpc) is 3.62. The highest BCUT2D eigenvalue weighted by Crippen LogP contribution is 2.42. The number of carbonyl (C=O) groups excluding carboxylic acids is 2. The van der Waals surface area contributed by atoms with E-state index in [1.165, 1.54) is 0 Å². The van der Waals surface area contributed by atoms with Gasteiger partial charge in [-0.1, -0.05) is 11.6 Å². The van der Waals surface area contributed by atoms with Crippen molar-refractivity contribution in [3.8, 4) is 5.75 Å². The molecule has 2 amide bonds. The molecule has 0 spiro atoms. The number of pyridine rings is 1. The third kappa shape index (κ3) is 8.09. The van der Waals surface area contributed by atoms with E-state index in [2.05, 4.69) is 37.6 Å². The Morgan fingerprint density at radius 1 is 1.08 bits per heavy atom. The highest BCUT2D eigenvalue weighted by Gasteiger charge is 2.58. The second-order valence-electron chi connectivity index (χ2n) is 14.0. The average molecular weight is 763 g/mol. The van der Waals surface area contributed by atoms with Crippen LogP contribution in [0.25, 0.3) is 10.9 Å². The summed E-state index contributed by atoms with van der Waals surface area (Å²) < 4.78 is 37.3. The molecule has 3 aliphatic rings. The molecule has 13 nitrogen and oxygen atoms in total. The summed E-state index contributed by atoms with van der Waals surface area (Å²) in [7, 11) is 1.57. The van der Waals surface area contributed by atoms with Gasteiger partial charge in [0.15, 0.2) is 17.8 Å². The molecule has 1 aromatic heterocycles. The van der Waals surface area contributed by atoms with Gasteiger partial charge in [0.25, 0.3) is 0 Å². The van der Waals surface area contributed by atoms with Gasteiger partial charge in [-0.3, -0.25) is 9.98 Å². The Kier molecular flexibility index (Phi) is 10.2. The molecule has 1 aromatic carbocycles. The van der Waals surface area contributed by atoms with Crippen molar-refractivity contribution < 1.29 is 38.0 Å². The monoisotopic (exact) mass is 761 g/mol. The van der Waals surface area contributed by atoms with Crippen LogP contribution in [0.1, 0.15) is 55.4 Å². The molecule has 0 unspecified atom stereocenters. The molecule has 2 fully saturated rings. The topological polar surface area (TPSA) is 134 Å². The minimum Gasteiger partial charge on any atom is -0.489 e. The van der Waals surface area contributed by atoms with Crippen LogP contribution in [0.15, 0.2) is 62.5 Å². The molecular formula is C34H41BrClN5O8. The van der Waals surface area contributed by atoms with Crippen molar-refractivity contribution in [2.24, 2.45) is 9.98 Å². The van der Waals surface area contributed by atoms with Crippen LogP contribution < -0.4 is 4.74 Å². The van der Waals surface area contributed by atoms with Crippen molar-refractivity contribution in [1.82, 2.24) is 14.8 Å². The maximum Gasteiger partial charge on any atom is 0.425 e. The molecule has 2 aromatic rings. The van der Waals surface area contributed by atoms with Gasteiger partial charge in [-0.25, -0.2) is 14.6 Å². The fourth-order valence-electron chi connectivity index (χ4n) is 5.60. The van der Waals surface area contributed by atoms with Crippen LogP contribution in [0.2, 0.25) is 5.02 Å². The molecule has 0 aliphatic carbocycles. The van der Waals surface area contributed by atoms with E-state index in [-0.39, 0.29) is 12.4 Å². The number of aliphatic imine (C=N–C) groups is 2. The van der Waals surface area contributed by atoms with Crippen molar-refractivity contribution in [1.29, 1.82) is 0 Å². The lowest BCUT2D eigenvalue weighted by atomic mass is 10.1. The molecule has 0 N–H and O–H groups in total. The van der Waals surface area contributed by atoms with Crippen molar-refractivity contribution >= 4 is 63.2 Å². The molecule has 0 saturated carbocycles. The molecule has 4 heterocycles. The predicted octanol–water partition coefficient (Wildman–Crippen LogP) is 7.22. The predicted molar refractivity (Wildman–Crippen MR) is 188 cm³/mol. The summed E-state index contributed by atoms with van der Waals surface area (Å²) in [5.41, 5.74) is -0.825. The van der Waals surface area contributed by atoms with Crippen molar-refractivity contribution in [2.75, 3.05) is 13.7 Å². The Morgan fingerprint density at radius 2 is 1.71 bits per heavy atom. The Balaban J connectivity index is 1.44. The first-order valence-corrected chi connectivity index (χ1v) is 16.8. The Labute approximate surface area is 299 Å². The van der Waals surface area contributed by atoms with Gasteiger partial charge in [0.05, 0.1) is 16.1 Å². The Morgan fingerprint density at radius 3 is 2.31 bits per heavy atom. The number of fused-ring (bicyclic) bond motifs is 2. The molecule has 3 aliphatic heterocycles. The van der Waals surface area contributed by atoms with E-state index in [0.29, 0.717) is 27.1 Å². The highest BCUT2D eigenvalue weighted by atomic mass is 79.9. The zero-order valence-corrected chi connectivity index (χ0v) is 31.3. The third-order valence-electron chi connectivity index (χ3n) is 7.36. The number of benzene rings is 1. The highest BCUT2D eigenvalue weighted by molar-refractivity contribution is 9.10. The third-order valence-corrected chi connectivity index (χ3v) is 8.09. The smallest absolute Gasteiger partial charge is 0.425 e. The van der Waals surface area contributed by atoms with E-state index in [0.717, 1.165) is 15.4 Å². The molecule has 5 rings (SSSR count). The quantitative estimate of drug-likeness (QED) is 0.278. The number of amides is 2. The maximum atomic E-state index is 13.5. The summed E-state index contributed by atoms with van der Waals surface area (Å²) in [5.74, 6) is -0.281. The van der Waals surface area contributed by atoms with E-state index >= 15 is 0 Å². The van der Waals surface area contributed by atoms with Gasteiger partial charge in [-0.2, -0.15) is 4.90 Å². The van der Waals surface area contributed by atoms with Crippen molar-refractivity contribution in [2.45, 2.75) is 96.9 Å². The molecule has 15 heteroatoms. The zero-order valence-electron chi connectivity index (χ0n) is 28.9. The SMILES string of the molecule is C=N/C(=C1/C=CN([C@@H]2O[C@H](COc3cc4ncc(Br)cc4cc3Cl)[C@H]3OC(C)(C)O[C@H]32)/C1=N/C)N(C(=O)OC(C)(C)C)C(=O)OC(C)(C)C. The Hall–Kier alpha value is -3.56. The van der Waals surface area contributed by atoms with E-state index in [1.807, 2.05) is 19.9 Å². The normalized spacial score (nSPS) is 25.0. The number of aromatic nitrogens is 1. The number of amidine groups is 1. The van der Waals surface area contributed by atoms with Gasteiger partial charge in [0, 0.05) is 35.4 Å². The summed E-state index contributed by atoms with van der Waals surface area (Å²) in [6.45, 7) is 17.5. The van der Waals surface area contributed by atoms with E-state index in [9.17, 15) is 9.59 Å². The second kappa shape index (κ2) is 13.6. The number of carbonyl (C=O) groups is 2. The first-order chi connectivity index (χ1) is 22.8. The minimum absolute atomic E-state index is 0.0856. The van der Waals surface area contributed by atoms with Gasteiger partial charge >= 0.3 is 12.2 Å². The molecular weight excluding hydrogens is 722 g/mol. The summed E-state index contributed by atoms with van der Waals surface area (Å²) in [6.07, 6.45) is 0.642. The largest absolute Gasteiger partial charge is 0.489 e. The lowest BCUT2D eigenvalue weighted by molar-refractivity contribution is -0.199.